The zero-order chi connectivity index (χ0) is 17.5. The minimum atomic E-state index is 0.133. The number of carbonyl (C=O) groups excluding carboxylic acids is 1. The van der Waals surface area contributed by atoms with Crippen LogP contribution in [-0.2, 0) is 4.74 Å². The van der Waals surface area contributed by atoms with Crippen LogP contribution in [0.5, 0.6) is 0 Å². The third-order valence-corrected chi connectivity index (χ3v) is 4.67. The van der Waals surface area contributed by atoms with Crippen molar-refractivity contribution in [3.8, 4) is 0 Å². The second-order valence-electron chi connectivity index (χ2n) is 6.49. The summed E-state index contributed by atoms with van der Waals surface area (Å²) in [7, 11) is 0. The average molecular weight is 338 g/mol. The van der Waals surface area contributed by atoms with Crippen LogP contribution in [0, 0.1) is 6.92 Å². The predicted octanol–water partition coefficient (Wildman–Crippen LogP) is 2.84. The van der Waals surface area contributed by atoms with E-state index in [1.165, 1.54) is 11.1 Å². The number of rotatable bonds is 7. The van der Waals surface area contributed by atoms with Crippen LogP contribution in [0.4, 0.5) is 0 Å². The number of hydrogen-bond acceptors (Lipinski definition) is 4. The first kappa shape index (κ1) is 17.8. The third kappa shape index (κ3) is 4.98. The van der Waals surface area contributed by atoms with Crippen molar-refractivity contribution in [1.82, 2.24) is 10.2 Å². The first-order valence-electron chi connectivity index (χ1n) is 8.91. The van der Waals surface area contributed by atoms with Gasteiger partial charge < -0.3 is 10.1 Å². The van der Waals surface area contributed by atoms with Gasteiger partial charge in [0.25, 0.3) is 0 Å². The van der Waals surface area contributed by atoms with E-state index in [-0.39, 0.29) is 11.8 Å². The first-order valence-corrected chi connectivity index (χ1v) is 8.91. The Morgan fingerprint density at radius 1 is 1.08 bits per heavy atom. The number of benzene rings is 2. The highest BCUT2D eigenvalue weighted by molar-refractivity contribution is 5.97. The molecule has 1 aliphatic heterocycles. The number of Topliss-reactive ketones (excluding diaryl/α,β-unsaturated/α-hetero) is 1. The lowest BCUT2D eigenvalue weighted by molar-refractivity contribution is 0.0162. The topological polar surface area (TPSA) is 41.6 Å². The number of ether oxygens (including phenoxy) is 1. The average Bonchev–Trinajstić information content (AvgIpc) is 2.67. The molecule has 132 valence electrons. The van der Waals surface area contributed by atoms with Gasteiger partial charge in [-0.25, -0.2) is 0 Å². The van der Waals surface area contributed by atoms with Crippen molar-refractivity contribution in [3.05, 3.63) is 71.3 Å². The number of nitrogens with zero attached hydrogens (tertiary/aromatic N) is 1. The van der Waals surface area contributed by atoms with Crippen LogP contribution in [0.2, 0.25) is 0 Å². The van der Waals surface area contributed by atoms with Crippen LogP contribution in [0.3, 0.4) is 0 Å². The number of nitrogens with one attached hydrogen (secondary N) is 1. The standard InChI is InChI=1S/C21H26N2O2/c1-17-7-9-19(10-8-17)21(24)16-22-15-20(18-5-3-2-4-6-18)23-11-13-25-14-12-23/h2-10,20,22H,11-16H2,1H3. The van der Waals surface area contributed by atoms with Crippen molar-refractivity contribution in [3.63, 3.8) is 0 Å². The van der Waals surface area contributed by atoms with Gasteiger partial charge in [-0.2, -0.15) is 0 Å². The number of carbonyl (C=O) groups is 1. The fourth-order valence-electron chi connectivity index (χ4n) is 3.19. The second-order valence-corrected chi connectivity index (χ2v) is 6.49. The molecule has 0 aromatic heterocycles. The molecule has 0 spiro atoms. The van der Waals surface area contributed by atoms with E-state index in [4.69, 9.17) is 4.74 Å². The summed E-state index contributed by atoms with van der Waals surface area (Å²) in [6.45, 7) is 6.52. The minimum Gasteiger partial charge on any atom is -0.379 e. The predicted molar refractivity (Wildman–Crippen MR) is 100.0 cm³/mol. The van der Waals surface area contributed by atoms with E-state index in [0.717, 1.165) is 38.4 Å². The molecule has 1 unspecified atom stereocenters. The number of morpholine rings is 1. The normalized spacial score (nSPS) is 16.5. The van der Waals surface area contributed by atoms with Gasteiger partial charge in [0.15, 0.2) is 5.78 Å². The van der Waals surface area contributed by atoms with Gasteiger partial charge in [-0.3, -0.25) is 9.69 Å². The zero-order valence-corrected chi connectivity index (χ0v) is 14.8. The molecule has 0 radical (unpaired) electrons. The highest BCUT2D eigenvalue weighted by Crippen LogP contribution is 2.21. The SMILES string of the molecule is Cc1ccc(C(=O)CNCC(c2ccccc2)N2CCOCC2)cc1. The molecular formula is C21H26N2O2. The van der Waals surface area contributed by atoms with Crippen molar-refractivity contribution in [2.24, 2.45) is 0 Å². The summed E-state index contributed by atoms with van der Waals surface area (Å²) in [4.78, 5) is 14.8. The highest BCUT2D eigenvalue weighted by atomic mass is 16.5. The monoisotopic (exact) mass is 338 g/mol. The van der Waals surface area contributed by atoms with Crippen LogP contribution in [0.1, 0.15) is 27.5 Å². The van der Waals surface area contributed by atoms with Crippen molar-refractivity contribution in [1.29, 1.82) is 0 Å². The van der Waals surface area contributed by atoms with Crippen LogP contribution >= 0.6 is 0 Å². The molecule has 3 rings (SSSR count). The summed E-state index contributed by atoms with van der Waals surface area (Å²) < 4.78 is 5.48. The summed E-state index contributed by atoms with van der Waals surface area (Å²) in [5.41, 5.74) is 3.21. The molecule has 1 N–H and O–H groups in total. The lowest BCUT2D eigenvalue weighted by atomic mass is 10.0. The lowest BCUT2D eigenvalue weighted by Gasteiger charge is -2.35. The summed E-state index contributed by atoms with van der Waals surface area (Å²) in [6.07, 6.45) is 0. The Labute approximate surface area is 149 Å². The lowest BCUT2D eigenvalue weighted by Crippen LogP contribution is -2.43. The fourth-order valence-corrected chi connectivity index (χ4v) is 3.19. The smallest absolute Gasteiger partial charge is 0.176 e. The molecular weight excluding hydrogens is 312 g/mol. The van der Waals surface area contributed by atoms with Crippen LogP contribution in [0.25, 0.3) is 0 Å². The van der Waals surface area contributed by atoms with E-state index in [1.807, 2.05) is 37.3 Å². The molecule has 0 saturated carbocycles. The second kappa shape index (κ2) is 8.90. The van der Waals surface area contributed by atoms with E-state index in [2.05, 4.69) is 34.5 Å². The van der Waals surface area contributed by atoms with Crippen LogP contribution < -0.4 is 5.32 Å². The van der Waals surface area contributed by atoms with Crippen molar-refractivity contribution in [2.45, 2.75) is 13.0 Å². The third-order valence-electron chi connectivity index (χ3n) is 4.67. The highest BCUT2D eigenvalue weighted by Gasteiger charge is 2.22. The quantitative estimate of drug-likeness (QED) is 0.788. The molecule has 0 bridgehead atoms. The molecule has 1 saturated heterocycles. The molecule has 25 heavy (non-hydrogen) atoms. The summed E-state index contributed by atoms with van der Waals surface area (Å²) in [5, 5.41) is 3.36. The number of hydrogen-bond donors (Lipinski definition) is 1. The van der Waals surface area contributed by atoms with Crippen LogP contribution in [-0.4, -0.2) is 50.1 Å². The molecule has 1 aliphatic rings. The maximum absolute atomic E-state index is 12.4. The number of aryl methyl sites for hydroxylation is 1. The van der Waals surface area contributed by atoms with Crippen molar-refractivity contribution in [2.75, 3.05) is 39.4 Å². The minimum absolute atomic E-state index is 0.133. The van der Waals surface area contributed by atoms with E-state index in [0.29, 0.717) is 6.54 Å². The summed E-state index contributed by atoms with van der Waals surface area (Å²) >= 11 is 0. The van der Waals surface area contributed by atoms with Crippen molar-refractivity contribution >= 4 is 5.78 Å². The molecule has 4 heteroatoms. The van der Waals surface area contributed by atoms with E-state index in [9.17, 15) is 4.79 Å². The molecule has 0 aliphatic carbocycles. The largest absolute Gasteiger partial charge is 0.379 e. The Morgan fingerprint density at radius 3 is 2.44 bits per heavy atom. The molecule has 1 heterocycles. The van der Waals surface area contributed by atoms with Gasteiger partial charge in [0.2, 0.25) is 0 Å². The summed E-state index contributed by atoms with van der Waals surface area (Å²) in [5.74, 6) is 0.133. The molecule has 1 fully saturated rings. The van der Waals surface area contributed by atoms with Gasteiger partial charge in [0.05, 0.1) is 19.8 Å². The zero-order valence-electron chi connectivity index (χ0n) is 14.8. The van der Waals surface area contributed by atoms with Gasteiger partial charge in [0.1, 0.15) is 0 Å². The maximum Gasteiger partial charge on any atom is 0.176 e. The Kier molecular flexibility index (Phi) is 6.34. The van der Waals surface area contributed by atoms with Gasteiger partial charge in [-0.1, -0.05) is 60.2 Å². The van der Waals surface area contributed by atoms with Gasteiger partial charge in [-0.05, 0) is 12.5 Å². The Hall–Kier alpha value is -2.01. The molecule has 2 aromatic carbocycles. The Balaban J connectivity index is 1.60. The molecule has 0 amide bonds. The number of ketones is 1. The van der Waals surface area contributed by atoms with Gasteiger partial charge in [0, 0.05) is 31.2 Å². The molecule has 2 aromatic rings. The summed E-state index contributed by atoms with van der Waals surface area (Å²) in [6, 6.07) is 18.5. The van der Waals surface area contributed by atoms with E-state index >= 15 is 0 Å². The molecule has 4 nitrogen and oxygen atoms in total. The van der Waals surface area contributed by atoms with Gasteiger partial charge in [-0.15, -0.1) is 0 Å². The Morgan fingerprint density at radius 2 is 1.76 bits per heavy atom. The molecule has 1 atom stereocenters. The first-order chi connectivity index (χ1) is 12.2. The van der Waals surface area contributed by atoms with E-state index < -0.39 is 0 Å². The van der Waals surface area contributed by atoms with Crippen molar-refractivity contribution < 1.29 is 9.53 Å². The Bertz CT molecular complexity index is 664. The van der Waals surface area contributed by atoms with Crippen LogP contribution in [0.15, 0.2) is 54.6 Å². The fraction of sp³-hybridized carbons (Fsp3) is 0.381. The maximum atomic E-state index is 12.4. The van der Waals surface area contributed by atoms with E-state index in [1.54, 1.807) is 0 Å². The van der Waals surface area contributed by atoms with Gasteiger partial charge >= 0.3 is 0 Å².